The number of terminal acetylenes is 2. The van der Waals surface area contributed by atoms with Gasteiger partial charge in [-0.05, 0) is 6.42 Å². The van der Waals surface area contributed by atoms with E-state index in [9.17, 15) is 4.79 Å². The zero-order valence-electron chi connectivity index (χ0n) is 11.6. The van der Waals surface area contributed by atoms with Crippen molar-refractivity contribution in [3.05, 3.63) is 0 Å². The van der Waals surface area contributed by atoms with Crippen molar-refractivity contribution in [3.63, 3.8) is 0 Å². The topological polar surface area (TPSA) is 20.3 Å². The Labute approximate surface area is 112 Å². The van der Waals surface area contributed by atoms with Gasteiger partial charge in [0.1, 0.15) is 0 Å². The van der Waals surface area contributed by atoms with Crippen LogP contribution >= 0.6 is 0 Å². The minimum Gasteiger partial charge on any atom is -0.273 e. The maximum atomic E-state index is 11.5. The molecule has 0 aromatic heterocycles. The summed E-state index contributed by atoms with van der Waals surface area (Å²) in [7, 11) is 0. The molecule has 100 valence electrons. The van der Waals surface area contributed by atoms with Crippen molar-refractivity contribution in [2.45, 2.75) is 71.1 Å². The fourth-order valence-corrected chi connectivity index (χ4v) is 1.88. The van der Waals surface area contributed by atoms with E-state index in [4.69, 9.17) is 12.8 Å². The lowest BCUT2D eigenvalue weighted by molar-refractivity contribution is -0.125. The molecule has 1 amide bonds. The molecule has 0 aromatic rings. The normalized spacial score (nSPS) is 9.50. The summed E-state index contributed by atoms with van der Waals surface area (Å²) in [5, 5.41) is 0. The Kier molecular flexibility index (Phi) is 11.1. The van der Waals surface area contributed by atoms with Crippen LogP contribution in [0.25, 0.3) is 0 Å². The Morgan fingerprint density at radius 3 is 1.78 bits per heavy atom. The first-order chi connectivity index (χ1) is 8.76. The molecule has 0 aromatic carbocycles. The second-order valence-corrected chi connectivity index (χ2v) is 4.57. The summed E-state index contributed by atoms with van der Waals surface area (Å²) >= 11 is 0. The van der Waals surface area contributed by atoms with E-state index in [0.29, 0.717) is 6.42 Å². The third-order valence-corrected chi connectivity index (χ3v) is 3.00. The average Bonchev–Trinajstić information content (AvgIpc) is 2.38. The van der Waals surface area contributed by atoms with Gasteiger partial charge in [0.15, 0.2) is 0 Å². The highest BCUT2D eigenvalue weighted by atomic mass is 16.2. The first-order valence-corrected chi connectivity index (χ1v) is 7.01. The minimum atomic E-state index is -0.136. The van der Waals surface area contributed by atoms with Crippen LogP contribution in [0.1, 0.15) is 71.1 Å². The van der Waals surface area contributed by atoms with Crippen molar-refractivity contribution in [1.29, 1.82) is 0 Å². The molecule has 0 N–H and O–H groups in total. The van der Waals surface area contributed by atoms with Crippen LogP contribution in [0, 0.1) is 24.9 Å². The number of rotatable bonds is 10. The summed E-state index contributed by atoms with van der Waals surface area (Å²) in [5.74, 6) is -0.136. The van der Waals surface area contributed by atoms with Crippen molar-refractivity contribution >= 4 is 5.91 Å². The molecule has 0 aliphatic rings. The maximum Gasteiger partial charge on any atom is 0.246 e. The summed E-state index contributed by atoms with van der Waals surface area (Å²) in [5.41, 5.74) is 0. The molecule has 0 bridgehead atoms. The van der Waals surface area contributed by atoms with E-state index < -0.39 is 0 Å². The van der Waals surface area contributed by atoms with Gasteiger partial charge in [-0.25, -0.2) is 0 Å². The number of amides is 1. The number of hydrogen-bond donors (Lipinski definition) is 0. The quantitative estimate of drug-likeness (QED) is 0.325. The molecule has 0 fully saturated rings. The van der Waals surface area contributed by atoms with Gasteiger partial charge < -0.3 is 0 Å². The summed E-state index contributed by atoms with van der Waals surface area (Å²) in [6.45, 7) is 2.23. The van der Waals surface area contributed by atoms with Crippen LogP contribution < -0.4 is 0 Å². The smallest absolute Gasteiger partial charge is 0.246 e. The summed E-state index contributed by atoms with van der Waals surface area (Å²) in [4.78, 5) is 12.4. The van der Waals surface area contributed by atoms with Crippen molar-refractivity contribution in [2.24, 2.45) is 0 Å². The summed E-state index contributed by atoms with van der Waals surface area (Å²) < 4.78 is 0. The van der Waals surface area contributed by atoms with Gasteiger partial charge in [-0.2, -0.15) is 4.90 Å². The van der Waals surface area contributed by atoms with Crippen molar-refractivity contribution in [3.8, 4) is 24.9 Å². The van der Waals surface area contributed by atoms with Gasteiger partial charge in [0.25, 0.3) is 0 Å². The second-order valence-electron chi connectivity index (χ2n) is 4.57. The minimum absolute atomic E-state index is 0.136. The van der Waals surface area contributed by atoms with E-state index >= 15 is 0 Å². The maximum absolute atomic E-state index is 11.5. The third-order valence-electron chi connectivity index (χ3n) is 3.00. The predicted molar refractivity (Wildman–Crippen MR) is 76.4 cm³/mol. The molecule has 0 saturated heterocycles. The number of carbonyl (C=O) groups is 1. The van der Waals surface area contributed by atoms with E-state index in [1.165, 1.54) is 44.9 Å². The highest BCUT2D eigenvalue weighted by molar-refractivity contribution is 5.79. The van der Waals surface area contributed by atoms with Gasteiger partial charge in [-0.15, -0.1) is 0 Å². The molecular formula is C16H25NO. The molecule has 0 radical (unpaired) electrons. The SMILES string of the molecule is C#CN(C#C)C(=O)CCCCCCCCCCC. The lowest BCUT2D eigenvalue weighted by Gasteiger charge is -2.06. The van der Waals surface area contributed by atoms with Crippen molar-refractivity contribution in [1.82, 2.24) is 4.90 Å². The van der Waals surface area contributed by atoms with Crippen molar-refractivity contribution < 1.29 is 4.79 Å². The number of unbranched alkanes of at least 4 members (excludes halogenated alkanes) is 8. The van der Waals surface area contributed by atoms with Gasteiger partial charge in [-0.1, -0.05) is 71.1 Å². The Balaban J connectivity index is 3.34. The molecule has 0 heterocycles. The fraction of sp³-hybridized carbons (Fsp3) is 0.688. The molecule has 2 nitrogen and oxygen atoms in total. The van der Waals surface area contributed by atoms with Crippen LogP contribution in [0.15, 0.2) is 0 Å². The standard InChI is InChI=1S/C16H25NO/c1-4-7-8-9-10-11-12-13-14-15-16(18)17(5-2)6-3/h2-3H,4,7-15H2,1H3. The monoisotopic (exact) mass is 247 g/mol. The van der Waals surface area contributed by atoms with E-state index in [2.05, 4.69) is 19.0 Å². The van der Waals surface area contributed by atoms with Crippen LogP contribution in [0.3, 0.4) is 0 Å². The van der Waals surface area contributed by atoms with Crippen molar-refractivity contribution in [2.75, 3.05) is 0 Å². The molecule has 0 unspecified atom stereocenters. The highest BCUT2D eigenvalue weighted by Gasteiger charge is 2.07. The van der Waals surface area contributed by atoms with Crippen LogP contribution in [-0.4, -0.2) is 10.8 Å². The van der Waals surface area contributed by atoms with Gasteiger partial charge in [0, 0.05) is 18.5 Å². The molecule has 0 rings (SSSR count). The van der Waals surface area contributed by atoms with Crippen LogP contribution in [0.4, 0.5) is 0 Å². The first kappa shape index (κ1) is 16.6. The Morgan fingerprint density at radius 2 is 1.33 bits per heavy atom. The predicted octanol–water partition coefficient (Wildman–Crippen LogP) is 3.92. The van der Waals surface area contributed by atoms with E-state index in [1.54, 1.807) is 0 Å². The average molecular weight is 247 g/mol. The van der Waals surface area contributed by atoms with Gasteiger partial charge in [0.2, 0.25) is 5.91 Å². The zero-order chi connectivity index (χ0) is 13.6. The number of carbonyl (C=O) groups excluding carboxylic acids is 1. The summed E-state index contributed by atoms with van der Waals surface area (Å²) in [6.07, 6.45) is 21.8. The summed E-state index contributed by atoms with van der Waals surface area (Å²) in [6, 6.07) is 4.36. The lowest BCUT2D eigenvalue weighted by Crippen LogP contribution is -2.20. The largest absolute Gasteiger partial charge is 0.273 e. The van der Waals surface area contributed by atoms with Crippen LogP contribution in [0.5, 0.6) is 0 Å². The van der Waals surface area contributed by atoms with E-state index in [1.807, 2.05) is 0 Å². The lowest BCUT2D eigenvalue weighted by atomic mass is 10.1. The Bertz CT molecular complexity index is 281. The molecule has 0 aliphatic heterocycles. The molecule has 2 heteroatoms. The molecule has 0 spiro atoms. The first-order valence-electron chi connectivity index (χ1n) is 7.01. The second kappa shape index (κ2) is 12.1. The van der Waals surface area contributed by atoms with Gasteiger partial charge >= 0.3 is 0 Å². The van der Waals surface area contributed by atoms with Crippen LogP contribution in [-0.2, 0) is 4.79 Å². The van der Waals surface area contributed by atoms with Crippen LogP contribution in [0.2, 0.25) is 0 Å². The number of nitrogens with zero attached hydrogens (tertiary/aromatic N) is 1. The highest BCUT2D eigenvalue weighted by Crippen LogP contribution is 2.10. The van der Waals surface area contributed by atoms with E-state index in [-0.39, 0.29) is 5.91 Å². The zero-order valence-corrected chi connectivity index (χ0v) is 11.6. The molecule has 18 heavy (non-hydrogen) atoms. The Hall–Kier alpha value is -1.41. The molecule has 0 atom stereocenters. The Morgan fingerprint density at radius 1 is 0.889 bits per heavy atom. The van der Waals surface area contributed by atoms with Gasteiger partial charge in [0.05, 0.1) is 0 Å². The van der Waals surface area contributed by atoms with Gasteiger partial charge in [-0.3, -0.25) is 4.79 Å². The third kappa shape index (κ3) is 8.71. The molecular weight excluding hydrogens is 222 g/mol. The number of hydrogen-bond acceptors (Lipinski definition) is 1. The molecule has 0 saturated carbocycles. The van der Waals surface area contributed by atoms with E-state index in [0.717, 1.165) is 17.7 Å². The molecule has 0 aliphatic carbocycles. The fourth-order valence-electron chi connectivity index (χ4n) is 1.88.